The van der Waals surface area contributed by atoms with Gasteiger partial charge in [-0.2, -0.15) is 0 Å². The van der Waals surface area contributed by atoms with Gasteiger partial charge in [0.15, 0.2) is 0 Å². The quantitative estimate of drug-likeness (QED) is 0.455. The minimum atomic E-state index is -2.58. The molecule has 0 aromatic rings. The number of halogens is 2. The molecular weight excluding hydrogens is 446 g/mol. The van der Waals surface area contributed by atoms with Crippen molar-refractivity contribution < 1.29 is 23.7 Å². The molecule has 0 radical (unpaired) electrons. The van der Waals surface area contributed by atoms with Crippen molar-refractivity contribution in [3.8, 4) is 0 Å². The third-order valence-corrected chi connectivity index (χ3v) is 13.8. The number of rotatable bonds is 2. The van der Waals surface area contributed by atoms with Crippen LogP contribution in [-0.4, -0.2) is 39.5 Å². The lowest BCUT2D eigenvalue weighted by Gasteiger charge is -2.60. The first-order chi connectivity index (χ1) is 16.0. The van der Waals surface area contributed by atoms with Crippen LogP contribution in [0.1, 0.15) is 106 Å². The molecule has 0 aromatic carbocycles. The van der Waals surface area contributed by atoms with Gasteiger partial charge in [-0.3, -0.25) is 0 Å². The smallest absolute Gasteiger partial charge is 0.253 e. The van der Waals surface area contributed by atoms with Crippen LogP contribution in [0.4, 0.5) is 8.78 Å². The van der Waals surface area contributed by atoms with Crippen molar-refractivity contribution in [2.24, 2.45) is 51.2 Å². The van der Waals surface area contributed by atoms with Gasteiger partial charge in [-0.1, -0.05) is 27.7 Å². The van der Waals surface area contributed by atoms with E-state index in [1.807, 2.05) is 27.7 Å². The third-order valence-electron chi connectivity index (χ3n) is 13.8. The van der Waals surface area contributed by atoms with E-state index in [4.69, 9.17) is 4.74 Å². The maximum atomic E-state index is 15.1. The van der Waals surface area contributed by atoms with Crippen molar-refractivity contribution in [1.82, 2.24) is 0 Å². The lowest BCUT2D eigenvalue weighted by Crippen LogP contribution is -2.57. The highest BCUT2D eigenvalue weighted by atomic mass is 19.3. The summed E-state index contributed by atoms with van der Waals surface area (Å²) in [6.45, 7) is 14.3. The van der Waals surface area contributed by atoms with Gasteiger partial charge in [-0.15, -0.1) is 0 Å². The minimum absolute atomic E-state index is 0.0109. The van der Waals surface area contributed by atoms with E-state index in [2.05, 4.69) is 20.8 Å². The number of alkyl halides is 2. The Morgan fingerprint density at radius 2 is 1.51 bits per heavy atom. The predicted molar refractivity (Wildman–Crippen MR) is 132 cm³/mol. The average molecular weight is 495 g/mol. The summed E-state index contributed by atoms with van der Waals surface area (Å²) in [5, 5.41) is 22.2. The molecule has 2 N–H and O–H groups in total. The first kappa shape index (κ1) is 25.0. The summed E-state index contributed by atoms with van der Waals surface area (Å²) in [7, 11) is 0. The van der Waals surface area contributed by atoms with E-state index in [9.17, 15) is 10.2 Å². The molecule has 0 bridgehead atoms. The van der Waals surface area contributed by atoms with E-state index in [1.165, 1.54) is 0 Å². The van der Waals surface area contributed by atoms with Gasteiger partial charge in [0, 0.05) is 17.8 Å². The second-order valence-electron chi connectivity index (χ2n) is 15.5. The molecule has 1 aliphatic heterocycles. The van der Waals surface area contributed by atoms with E-state index >= 15 is 8.78 Å². The molecule has 6 fully saturated rings. The van der Waals surface area contributed by atoms with Crippen LogP contribution in [0.5, 0.6) is 0 Å². The number of hydrogen-bond donors (Lipinski definition) is 2. The summed E-state index contributed by atoms with van der Waals surface area (Å²) in [5.41, 5.74) is -2.03. The summed E-state index contributed by atoms with van der Waals surface area (Å²) in [4.78, 5) is 0. The standard InChI is InChI=1S/C30H48F2O3/c1-17-28-13-12-26(6)19(16-20(33)23(26)27(7)11-10-22(35-27)25(4,5)34)18(28)8-9-21-24(2,3)30(31,32)15-14-29(17,21)28/h17-23,33-34H,8-16H2,1-7H3. The van der Waals surface area contributed by atoms with Gasteiger partial charge in [0.25, 0.3) is 5.92 Å². The second-order valence-corrected chi connectivity index (χ2v) is 15.5. The first-order valence-corrected chi connectivity index (χ1v) is 14.5. The summed E-state index contributed by atoms with van der Waals surface area (Å²) in [6.07, 6.45) is 6.70. The molecule has 2 spiro atoms. The SMILES string of the molecule is CC1C23CCC4(C)C(CC(O)C4C4(C)CCC(C(C)(C)O)O4)C2CCC2C(C)(C)C(F)(F)CCC213. The van der Waals surface area contributed by atoms with Crippen LogP contribution >= 0.6 is 0 Å². The molecule has 0 amide bonds. The second kappa shape index (κ2) is 6.84. The van der Waals surface area contributed by atoms with Gasteiger partial charge in [-0.05, 0) is 112 Å². The zero-order valence-corrected chi connectivity index (χ0v) is 23.0. The van der Waals surface area contributed by atoms with Crippen LogP contribution in [0.25, 0.3) is 0 Å². The first-order valence-electron chi connectivity index (χ1n) is 14.5. The largest absolute Gasteiger partial charge is 0.393 e. The highest BCUT2D eigenvalue weighted by Crippen LogP contribution is 2.90. The van der Waals surface area contributed by atoms with E-state index in [1.54, 1.807) is 0 Å². The Kier molecular flexibility index (Phi) is 4.89. The zero-order valence-electron chi connectivity index (χ0n) is 23.0. The Bertz CT molecular complexity index is 912. The molecular formula is C30H48F2O3. The summed E-state index contributed by atoms with van der Waals surface area (Å²) >= 11 is 0. The Balaban J connectivity index is 1.33. The molecule has 35 heavy (non-hydrogen) atoms. The van der Waals surface area contributed by atoms with Crippen molar-refractivity contribution in [2.45, 2.75) is 136 Å². The molecule has 6 aliphatic rings. The molecule has 11 unspecified atom stereocenters. The normalized spacial score (nSPS) is 58.2. The predicted octanol–water partition coefficient (Wildman–Crippen LogP) is 6.60. The van der Waals surface area contributed by atoms with Crippen molar-refractivity contribution >= 4 is 0 Å². The van der Waals surface area contributed by atoms with Crippen LogP contribution in [0.2, 0.25) is 0 Å². The average Bonchev–Trinajstić information content (AvgIpc) is 2.99. The number of hydrogen-bond acceptors (Lipinski definition) is 3. The fourth-order valence-corrected chi connectivity index (χ4v) is 12.3. The zero-order chi connectivity index (χ0) is 25.6. The molecule has 5 heteroatoms. The third kappa shape index (κ3) is 2.72. The highest BCUT2D eigenvalue weighted by molar-refractivity contribution is 5.33. The Hall–Kier alpha value is -0.260. The van der Waals surface area contributed by atoms with E-state index in [0.29, 0.717) is 24.2 Å². The van der Waals surface area contributed by atoms with Crippen molar-refractivity contribution in [3.63, 3.8) is 0 Å². The van der Waals surface area contributed by atoms with Crippen LogP contribution in [0.3, 0.4) is 0 Å². The van der Waals surface area contributed by atoms with Gasteiger partial charge in [-0.25, -0.2) is 8.78 Å². The number of aliphatic hydroxyl groups excluding tert-OH is 1. The van der Waals surface area contributed by atoms with Gasteiger partial charge < -0.3 is 14.9 Å². The van der Waals surface area contributed by atoms with Crippen LogP contribution in [-0.2, 0) is 4.74 Å². The van der Waals surface area contributed by atoms with Gasteiger partial charge in [0.05, 0.1) is 23.4 Å². The fourth-order valence-electron chi connectivity index (χ4n) is 12.3. The molecule has 1 saturated heterocycles. The van der Waals surface area contributed by atoms with Gasteiger partial charge in [0.1, 0.15) is 0 Å². The topological polar surface area (TPSA) is 49.7 Å². The summed E-state index contributed by atoms with van der Waals surface area (Å²) in [6, 6.07) is 0. The maximum absolute atomic E-state index is 15.1. The number of ether oxygens (including phenoxy) is 1. The summed E-state index contributed by atoms with van der Waals surface area (Å²) < 4.78 is 36.9. The van der Waals surface area contributed by atoms with Crippen LogP contribution in [0.15, 0.2) is 0 Å². The van der Waals surface area contributed by atoms with Gasteiger partial charge in [0.2, 0.25) is 0 Å². The Morgan fingerprint density at radius 3 is 2.14 bits per heavy atom. The lowest BCUT2D eigenvalue weighted by atomic mass is 9.45. The van der Waals surface area contributed by atoms with E-state index < -0.39 is 28.6 Å². The summed E-state index contributed by atoms with van der Waals surface area (Å²) in [5.74, 6) is -0.987. The van der Waals surface area contributed by atoms with Crippen molar-refractivity contribution in [2.75, 3.05) is 0 Å². The maximum Gasteiger partial charge on any atom is 0.253 e. The monoisotopic (exact) mass is 494 g/mol. The number of fused-ring (bicyclic) bond motifs is 2. The number of aliphatic hydroxyl groups is 2. The van der Waals surface area contributed by atoms with Crippen molar-refractivity contribution in [1.29, 1.82) is 0 Å². The molecule has 5 aliphatic carbocycles. The van der Waals surface area contributed by atoms with E-state index in [0.717, 1.165) is 44.9 Å². The lowest BCUT2D eigenvalue weighted by molar-refractivity contribution is -0.211. The molecule has 11 atom stereocenters. The fraction of sp³-hybridized carbons (Fsp3) is 1.00. The Labute approximate surface area is 210 Å². The molecule has 1 heterocycles. The molecule has 6 rings (SSSR count). The Morgan fingerprint density at radius 1 is 0.857 bits per heavy atom. The molecule has 3 nitrogen and oxygen atoms in total. The molecule has 0 aromatic heterocycles. The van der Waals surface area contributed by atoms with Crippen molar-refractivity contribution in [3.05, 3.63) is 0 Å². The van der Waals surface area contributed by atoms with Gasteiger partial charge >= 0.3 is 0 Å². The van der Waals surface area contributed by atoms with Crippen LogP contribution in [0, 0.1) is 51.2 Å². The highest BCUT2D eigenvalue weighted by Gasteiger charge is 2.86. The van der Waals surface area contributed by atoms with Crippen LogP contribution < -0.4 is 0 Å². The van der Waals surface area contributed by atoms with E-state index in [-0.39, 0.29) is 40.6 Å². The molecule has 5 saturated carbocycles. The molecule has 200 valence electrons. The minimum Gasteiger partial charge on any atom is -0.393 e.